The minimum Gasteiger partial charge on any atom is -0.343 e. The lowest BCUT2D eigenvalue weighted by Gasteiger charge is -2.32. The normalized spacial score (nSPS) is 26.1. The largest absolute Gasteiger partial charge is 0.432 e. The molecule has 1 amide bonds. The Morgan fingerprint density at radius 1 is 1.29 bits per heavy atom. The topological polar surface area (TPSA) is 75.0 Å². The number of rotatable bonds is 3. The molecule has 1 saturated heterocycles. The number of piperidine rings is 1. The number of aromatic amines is 1. The highest BCUT2D eigenvalue weighted by Gasteiger charge is 2.35. The number of likely N-dealkylation sites (tertiary alicyclic amines) is 1. The summed E-state index contributed by atoms with van der Waals surface area (Å²) in [4.78, 5) is 20.4. The molecule has 0 spiro atoms. The van der Waals surface area contributed by atoms with Crippen molar-refractivity contribution < 1.29 is 18.0 Å². The minimum absolute atomic E-state index is 0.0566. The highest BCUT2D eigenvalue weighted by Crippen LogP contribution is 2.32. The van der Waals surface area contributed by atoms with Crippen LogP contribution in [0.15, 0.2) is 6.20 Å². The number of nitrogens with two attached hydrogens (primary N) is 1. The van der Waals surface area contributed by atoms with Gasteiger partial charge in [-0.1, -0.05) is 6.42 Å². The van der Waals surface area contributed by atoms with Crippen molar-refractivity contribution >= 4 is 5.91 Å². The van der Waals surface area contributed by atoms with Crippen molar-refractivity contribution in [2.75, 3.05) is 13.1 Å². The fourth-order valence-corrected chi connectivity index (χ4v) is 3.76. The lowest BCUT2D eigenvalue weighted by Crippen LogP contribution is -2.40. The maximum Gasteiger partial charge on any atom is 0.432 e. The summed E-state index contributed by atoms with van der Waals surface area (Å²) in [5, 5.41) is 0. The van der Waals surface area contributed by atoms with Gasteiger partial charge in [-0.25, -0.2) is 4.98 Å². The maximum atomic E-state index is 12.6. The predicted molar refractivity (Wildman–Crippen MR) is 82.1 cm³/mol. The number of alkyl halides is 3. The second-order valence-corrected chi connectivity index (χ2v) is 6.89. The third-order valence-corrected chi connectivity index (χ3v) is 5.29. The van der Waals surface area contributed by atoms with E-state index in [0.717, 1.165) is 25.5 Å². The number of nitrogens with one attached hydrogen (secondary N) is 1. The van der Waals surface area contributed by atoms with E-state index in [4.69, 9.17) is 5.73 Å². The van der Waals surface area contributed by atoms with Crippen molar-refractivity contribution in [3.8, 4) is 0 Å². The summed E-state index contributed by atoms with van der Waals surface area (Å²) in [6.07, 6.45) is 1.28. The fourth-order valence-electron chi connectivity index (χ4n) is 3.76. The number of imidazole rings is 1. The maximum absolute atomic E-state index is 12.6. The molecule has 0 aromatic carbocycles. The zero-order chi connectivity index (χ0) is 17.3. The summed E-state index contributed by atoms with van der Waals surface area (Å²) < 4.78 is 37.9. The smallest absolute Gasteiger partial charge is 0.343 e. The van der Waals surface area contributed by atoms with Crippen LogP contribution in [-0.2, 0) is 11.0 Å². The summed E-state index contributed by atoms with van der Waals surface area (Å²) >= 11 is 0. The number of H-pyrrole nitrogens is 1. The number of hydrogen-bond acceptors (Lipinski definition) is 3. The van der Waals surface area contributed by atoms with Gasteiger partial charge in [-0.05, 0) is 31.6 Å². The van der Waals surface area contributed by atoms with E-state index in [9.17, 15) is 18.0 Å². The van der Waals surface area contributed by atoms with E-state index in [0.29, 0.717) is 38.2 Å². The Morgan fingerprint density at radius 2 is 2.00 bits per heavy atom. The van der Waals surface area contributed by atoms with Crippen LogP contribution in [0.2, 0.25) is 0 Å². The van der Waals surface area contributed by atoms with Crippen LogP contribution in [0.3, 0.4) is 0 Å². The molecular weight excluding hydrogens is 321 g/mol. The molecule has 0 radical (unpaired) electrons. The zero-order valence-electron chi connectivity index (χ0n) is 13.5. The molecule has 2 fully saturated rings. The molecule has 1 aliphatic heterocycles. The van der Waals surface area contributed by atoms with Gasteiger partial charge in [0.05, 0.1) is 6.20 Å². The van der Waals surface area contributed by atoms with E-state index in [2.05, 4.69) is 9.97 Å². The third kappa shape index (κ3) is 3.74. The van der Waals surface area contributed by atoms with Crippen LogP contribution in [0.4, 0.5) is 13.2 Å². The average molecular weight is 344 g/mol. The second kappa shape index (κ2) is 6.74. The van der Waals surface area contributed by atoms with E-state index < -0.39 is 11.9 Å². The number of carbonyl (C=O) groups excluding carboxylic acids is 1. The van der Waals surface area contributed by atoms with Crippen molar-refractivity contribution in [3.63, 3.8) is 0 Å². The van der Waals surface area contributed by atoms with Gasteiger partial charge in [-0.2, -0.15) is 13.2 Å². The van der Waals surface area contributed by atoms with Gasteiger partial charge in [0, 0.05) is 31.5 Å². The first-order valence-corrected chi connectivity index (χ1v) is 8.50. The fraction of sp³-hybridized carbons (Fsp3) is 0.750. The summed E-state index contributed by atoms with van der Waals surface area (Å²) in [6.45, 7) is 1.13. The first-order valence-electron chi connectivity index (χ1n) is 8.50. The molecule has 1 aromatic heterocycles. The number of hydrogen-bond donors (Lipinski definition) is 2. The van der Waals surface area contributed by atoms with Crippen molar-refractivity contribution in [2.24, 2.45) is 11.7 Å². The monoisotopic (exact) mass is 344 g/mol. The van der Waals surface area contributed by atoms with Crippen LogP contribution in [0.25, 0.3) is 0 Å². The van der Waals surface area contributed by atoms with E-state index in [1.165, 1.54) is 0 Å². The molecular formula is C16H23F3N4O. The highest BCUT2D eigenvalue weighted by atomic mass is 19.4. The number of halogens is 3. The van der Waals surface area contributed by atoms with Crippen LogP contribution in [-0.4, -0.2) is 39.9 Å². The molecule has 1 aliphatic carbocycles. The van der Waals surface area contributed by atoms with Gasteiger partial charge in [0.25, 0.3) is 0 Å². The standard InChI is InChI=1S/C16H23F3N4O/c17-16(18,19)13-9-21-15(22-13)10-4-6-23(7-5-10)14(24)8-11-2-1-3-12(11)20/h9-12H,1-8,20H2,(H,21,22)/t11-,12+/m0/s1. The Hall–Kier alpha value is -1.57. The first-order chi connectivity index (χ1) is 11.3. The van der Waals surface area contributed by atoms with Gasteiger partial charge >= 0.3 is 6.18 Å². The summed E-state index contributed by atoms with van der Waals surface area (Å²) in [5.41, 5.74) is 5.20. The van der Waals surface area contributed by atoms with Gasteiger partial charge in [0.2, 0.25) is 5.91 Å². The van der Waals surface area contributed by atoms with Crippen LogP contribution in [0.5, 0.6) is 0 Å². The Labute approximate surface area is 138 Å². The molecule has 24 heavy (non-hydrogen) atoms. The molecule has 3 rings (SSSR count). The Bertz CT molecular complexity index is 578. The molecule has 134 valence electrons. The summed E-state index contributed by atoms with van der Waals surface area (Å²) in [7, 11) is 0. The molecule has 5 nitrogen and oxygen atoms in total. The molecule has 8 heteroatoms. The quantitative estimate of drug-likeness (QED) is 0.885. The number of carbonyl (C=O) groups is 1. The number of amides is 1. The highest BCUT2D eigenvalue weighted by molar-refractivity contribution is 5.76. The molecule has 3 N–H and O–H groups in total. The first kappa shape index (κ1) is 17.3. The van der Waals surface area contributed by atoms with Crippen LogP contribution >= 0.6 is 0 Å². The van der Waals surface area contributed by atoms with Crippen LogP contribution < -0.4 is 5.73 Å². The molecule has 1 saturated carbocycles. The molecule has 1 aromatic rings. The lowest BCUT2D eigenvalue weighted by molar-refractivity contribution is -0.141. The summed E-state index contributed by atoms with van der Waals surface area (Å²) in [6, 6.07) is 0.121. The van der Waals surface area contributed by atoms with Gasteiger partial charge in [-0.15, -0.1) is 0 Å². The van der Waals surface area contributed by atoms with E-state index >= 15 is 0 Å². The molecule has 2 atom stereocenters. The van der Waals surface area contributed by atoms with Gasteiger partial charge in [-0.3, -0.25) is 4.79 Å². The van der Waals surface area contributed by atoms with Gasteiger partial charge in [0.15, 0.2) is 0 Å². The lowest BCUT2D eigenvalue weighted by atomic mass is 9.94. The van der Waals surface area contributed by atoms with Crippen LogP contribution in [0.1, 0.15) is 56.0 Å². The van der Waals surface area contributed by atoms with Crippen molar-refractivity contribution in [3.05, 3.63) is 17.7 Å². The Balaban J connectivity index is 1.52. The molecule has 0 bridgehead atoms. The third-order valence-electron chi connectivity index (χ3n) is 5.29. The SMILES string of the molecule is N[C@@H]1CCC[C@H]1CC(=O)N1CCC(c2ncc(C(F)(F)F)[nH]2)CC1. The second-order valence-electron chi connectivity index (χ2n) is 6.89. The number of nitrogens with zero attached hydrogens (tertiary/aromatic N) is 2. The average Bonchev–Trinajstić information content (AvgIpc) is 3.17. The van der Waals surface area contributed by atoms with Crippen molar-refractivity contribution in [1.82, 2.24) is 14.9 Å². The van der Waals surface area contributed by atoms with E-state index in [1.54, 1.807) is 0 Å². The van der Waals surface area contributed by atoms with Crippen molar-refractivity contribution in [1.29, 1.82) is 0 Å². The Kier molecular flexibility index (Phi) is 4.85. The van der Waals surface area contributed by atoms with Gasteiger partial charge in [0.1, 0.15) is 11.5 Å². The zero-order valence-corrected chi connectivity index (χ0v) is 13.5. The van der Waals surface area contributed by atoms with E-state index in [1.807, 2.05) is 4.90 Å². The molecule has 0 unspecified atom stereocenters. The molecule has 2 heterocycles. The van der Waals surface area contributed by atoms with Crippen LogP contribution in [0, 0.1) is 5.92 Å². The Morgan fingerprint density at radius 3 is 2.54 bits per heavy atom. The van der Waals surface area contributed by atoms with Crippen molar-refractivity contribution in [2.45, 2.75) is 56.7 Å². The minimum atomic E-state index is -4.40. The summed E-state index contributed by atoms with van der Waals surface area (Å²) in [5.74, 6) is 0.701. The van der Waals surface area contributed by atoms with Gasteiger partial charge < -0.3 is 15.6 Å². The number of aromatic nitrogens is 2. The molecule has 2 aliphatic rings. The predicted octanol–water partition coefficient (Wildman–Crippen LogP) is 2.65. The van der Waals surface area contributed by atoms with E-state index in [-0.39, 0.29) is 23.8 Å².